The lowest BCUT2D eigenvalue weighted by Gasteiger charge is -2.15. The molecule has 1 fully saturated rings. The SMILES string of the molecule is Cc1sc(C(=O)O)cc1C(=O)NC1(c2ncccn2)CC1. The zero-order valence-corrected chi connectivity index (χ0v) is 12.1. The number of carbonyl (C=O) groups excluding carboxylic acids is 1. The number of hydrogen-bond acceptors (Lipinski definition) is 5. The molecule has 2 heterocycles. The van der Waals surface area contributed by atoms with Crippen molar-refractivity contribution < 1.29 is 14.7 Å². The number of aromatic nitrogens is 2. The van der Waals surface area contributed by atoms with Crippen molar-refractivity contribution in [3.8, 4) is 0 Å². The number of nitrogens with one attached hydrogen (secondary N) is 1. The third-order valence-electron chi connectivity index (χ3n) is 3.47. The van der Waals surface area contributed by atoms with Crippen molar-refractivity contribution in [2.45, 2.75) is 25.3 Å². The highest BCUT2D eigenvalue weighted by Gasteiger charge is 2.48. The van der Waals surface area contributed by atoms with Gasteiger partial charge in [-0.25, -0.2) is 14.8 Å². The largest absolute Gasteiger partial charge is 0.477 e. The van der Waals surface area contributed by atoms with E-state index in [-0.39, 0.29) is 10.8 Å². The summed E-state index contributed by atoms with van der Waals surface area (Å²) in [5.41, 5.74) is -0.101. The summed E-state index contributed by atoms with van der Waals surface area (Å²) in [6.07, 6.45) is 4.87. The molecule has 1 aliphatic carbocycles. The summed E-state index contributed by atoms with van der Waals surface area (Å²) >= 11 is 1.10. The zero-order valence-electron chi connectivity index (χ0n) is 11.3. The van der Waals surface area contributed by atoms with Crippen LogP contribution in [0.3, 0.4) is 0 Å². The summed E-state index contributed by atoms with van der Waals surface area (Å²) in [5.74, 6) is -0.694. The maximum Gasteiger partial charge on any atom is 0.345 e. The Morgan fingerprint density at radius 3 is 2.52 bits per heavy atom. The zero-order chi connectivity index (χ0) is 15.0. The minimum Gasteiger partial charge on any atom is -0.477 e. The lowest BCUT2D eigenvalue weighted by Crippen LogP contribution is -2.36. The van der Waals surface area contributed by atoms with E-state index in [1.165, 1.54) is 6.07 Å². The maximum absolute atomic E-state index is 12.4. The van der Waals surface area contributed by atoms with Gasteiger partial charge in [0.05, 0.1) is 5.56 Å². The number of carbonyl (C=O) groups is 2. The van der Waals surface area contributed by atoms with Crippen molar-refractivity contribution in [3.63, 3.8) is 0 Å². The molecule has 2 aromatic heterocycles. The Kier molecular flexibility index (Phi) is 3.21. The van der Waals surface area contributed by atoms with E-state index in [0.29, 0.717) is 16.3 Å². The number of aromatic carboxylic acids is 1. The molecule has 1 saturated carbocycles. The van der Waals surface area contributed by atoms with Crippen LogP contribution in [-0.4, -0.2) is 27.0 Å². The molecule has 0 saturated heterocycles. The molecule has 2 N–H and O–H groups in total. The number of nitrogens with zero attached hydrogens (tertiary/aromatic N) is 2. The van der Waals surface area contributed by atoms with E-state index >= 15 is 0 Å². The molecule has 3 rings (SSSR count). The van der Waals surface area contributed by atoms with E-state index in [4.69, 9.17) is 5.11 Å². The molecule has 1 aliphatic rings. The van der Waals surface area contributed by atoms with Crippen LogP contribution in [0.1, 0.15) is 43.6 Å². The van der Waals surface area contributed by atoms with Crippen molar-refractivity contribution in [2.75, 3.05) is 0 Å². The van der Waals surface area contributed by atoms with Gasteiger partial charge in [-0.3, -0.25) is 4.79 Å². The van der Waals surface area contributed by atoms with E-state index in [2.05, 4.69) is 15.3 Å². The van der Waals surface area contributed by atoms with Crippen molar-refractivity contribution >= 4 is 23.2 Å². The third kappa shape index (κ3) is 2.52. The van der Waals surface area contributed by atoms with Crippen molar-refractivity contribution in [3.05, 3.63) is 45.7 Å². The molecule has 0 atom stereocenters. The standard InChI is InChI=1S/C14H13N3O3S/c1-8-9(7-10(21-8)12(19)20)11(18)17-14(3-4-14)13-15-5-2-6-16-13/h2,5-7H,3-4H2,1H3,(H,17,18)(H,19,20). The highest BCUT2D eigenvalue weighted by molar-refractivity contribution is 7.14. The second-order valence-electron chi connectivity index (χ2n) is 4.99. The van der Waals surface area contributed by atoms with Crippen LogP contribution in [-0.2, 0) is 5.54 Å². The molecule has 21 heavy (non-hydrogen) atoms. The molecule has 2 aromatic rings. The molecule has 108 valence electrons. The van der Waals surface area contributed by atoms with Crippen molar-refractivity contribution in [2.24, 2.45) is 0 Å². The van der Waals surface area contributed by atoms with Gasteiger partial charge in [0.15, 0.2) is 5.82 Å². The first kappa shape index (κ1) is 13.7. The van der Waals surface area contributed by atoms with E-state index in [1.54, 1.807) is 25.4 Å². The topological polar surface area (TPSA) is 92.2 Å². The minimum absolute atomic E-state index is 0.165. The van der Waals surface area contributed by atoms with Gasteiger partial charge in [0.2, 0.25) is 0 Å². The van der Waals surface area contributed by atoms with Crippen LogP contribution in [0.5, 0.6) is 0 Å². The Morgan fingerprint density at radius 2 is 2.00 bits per heavy atom. The molecule has 0 aliphatic heterocycles. The van der Waals surface area contributed by atoms with Crippen LogP contribution in [0.4, 0.5) is 0 Å². The lowest BCUT2D eigenvalue weighted by molar-refractivity contribution is 0.0702. The molecule has 0 radical (unpaired) electrons. The normalized spacial score (nSPS) is 15.5. The molecule has 0 unspecified atom stereocenters. The first-order chi connectivity index (χ1) is 10.0. The first-order valence-corrected chi connectivity index (χ1v) is 7.27. The average Bonchev–Trinajstić information content (AvgIpc) is 3.14. The molecule has 6 nitrogen and oxygen atoms in total. The molecule has 1 amide bonds. The first-order valence-electron chi connectivity index (χ1n) is 6.45. The summed E-state index contributed by atoms with van der Waals surface area (Å²) in [4.78, 5) is 32.6. The summed E-state index contributed by atoms with van der Waals surface area (Å²) in [6, 6.07) is 3.14. The Labute approximate surface area is 124 Å². The van der Waals surface area contributed by atoms with E-state index in [1.807, 2.05) is 0 Å². The van der Waals surface area contributed by atoms with Crippen LogP contribution in [0.25, 0.3) is 0 Å². The Morgan fingerprint density at radius 1 is 1.33 bits per heavy atom. The van der Waals surface area contributed by atoms with E-state index < -0.39 is 11.5 Å². The van der Waals surface area contributed by atoms with Crippen molar-refractivity contribution in [1.29, 1.82) is 0 Å². The molecule has 0 bridgehead atoms. The number of carboxylic acid groups (broad SMARTS) is 1. The summed E-state index contributed by atoms with van der Waals surface area (Å²) in [5, 5.41) is 11.9. The third-order valence-corrected chi connectivity index (χ3v) is 4.51. The van der Waals surface area contributed by atoms with Gasteiger partial charge in [-0.15, -0.1) is 11.3 Å². The number of amides is 1. The maximum atomic E-state index is 12.4. The Bertz CT molecular complexity index is 708. The lowest BCUT2D eigenvalue weighted by atomic mass is 10.2. The molecule has 7 heteroatoms. The van der Waals surface area contributed by atoms with Gasteiger partial charge >= 0.3 is 5.97 Å². The number of thiophene rings is 1. The monoisotopic (exact) mass is 303 g/mol. The van der Waals surface area contributed by atoms with Crippen LogP contribution < -0.4 is 5.32 Å². The molecular formula is C14H13N3O3S. The Balaban J connectivity index is 1.83. The van der Waals surface area contributed by atoms with Gasteiger partial charge in [0.25, 0.3) is 5.91 Å². The van der Waals surface area contributed by atoms with Gasteiger partial charge in [-0.2, -0.15) is 0 Å². The molecular weight excluding hydrogens is 290 g/mol. The molecule has 0 spiro atoms. The highest BCUT2D eigenvalue weighted by Crippen LogP contribution is 2.43. The predicted octanol–water partition coefficient (Wildman–Crippen LogP) is 1.96. The fourth-order valence-corrected chi connectivity index (χ4v) is 3.03. The van der Waals surface area contributed by atoms with Crippen LogP contribution in [0.15, 0.2) is 24.5 Å². The fraction of sp³-hybridized carbons (Fsp3) is 0.286. The van der Waals surface area contributed by atoms with Gasteiger partial charge in [0.1, 0.15) is 10.4 Å². The second-order valence-corrected chi connectivity index (χ2v) is 6.25. The summed E-state index contributed by atoms with van der Waals surface area (Å²) in [6.45, 7) is 1.74. The quantitative estimate of drug-likeness (QED) is 0.901. The van der Waals surface area contributed by atoms with E-state index in [0.717, 1.165) is 24.2 Å². The van der Waals surface area contributed by atoms with Crippen LogP contribution >= 0.6 is 11.3 Å². The van der Waals surface area contributed by atoms with E-state index in [9.17, 15) is 9.59 Å². The minimum atomic E-state index is -1.02. The smallest absolute Gasteiger partial charge is 0.345 e. The van der Waals surface area contributed by atoms with Gasteiger partial charge in [0, 0.05) is 17.3 Å². The number of carboxylic acids is 1. The number of hydrogen-bond donors (Lipinski definition) is 2. The van der Waals surface area contributed by atoms with Gasteiger partial charge < -0.3 is 10.4 Å². The van der Waals surface area contributed by atoms with Gasteiger partial charge in [-0.1, -0.05) is 0 Å². The van der Waals surface area contributed by atoms with Gasteiger partial charge in [-0.05, 0) is 31.9 Å². The van der Waals surface area contributed by atoms with Crippen LogP contribution in [0, 0.1) is 6.92 Å². The fourth-order valence-electron chi connectivity index (χ4n) is 2.17. The Hall–Kier alpha value is -2.28. The summed E-state index contributed by atoms with van der Waals surface area (Å²) < 4.78 is 0. The number of rotatable bonds is 4. The second kappa shape index (κ2) is 4.92. The highest BCUT2D eigenvalue weighted by atomic mass is 32.1. The van der Waals surface area contributed by atoms with Crippen LogP contribution in [0.2, 0.25) is 0 Å². The predicted molar refractivity (Wildman–Crippen MR) is 76.4 cm³/mol. The molecule has 0 aromatic carbocycles. The van der Waals surface area contributed by atoms with Crippen molar-refractivity contribution in [1.82, 2.24) is 15.3 Å². The number of aryl methyl sites for hydroxylation is 1. The average molecular weight is 303 g/mol. The summed E-state index contributed by atoms with van der Waals surface area (Å²) in [7, 11) is 0.